The van der Waals surface area contributed by atoms with Crippen molar-refractivity contribution in [2.75, 3.05) is 33.9 Å². The number of benzene rings is 2. The lowest BCUT2D eigenvalue weighted by Crippen LogP contribution is -2.36. The summed E-state index contributed by atoms with van der Waals surface area (Å²) >= 11 is 5.80. The number of amides is 1. The first-order valence-corrected chi connectivity index (χ1v) is 8.51. The molecule has 1 amide bonds. The molecule has 2 aromatic rings. The van der Waals surface area contributed by atoms with Gasteiger partial charge >= 0.3 is 0 Å². The summed E-state index contributed by atoms with van der Waals surface area (Å²) in [6.45, 7) is 1.41. The van der Waals surface area contributed by atoms with E-state index < -0.39 is 5.82 Å². The largest absolute Gasteiger partial charge is 0.494 e. The third-order valence-electron chi connectivity index (χ3n) is 3.59. The highest BCUT2D eigenvalue weighted by atomic mass is 35.5. The summed E-state index contributed by atoms with van der Waals surface area (Å²) in [7, 11) is 3.22. The van der Waals surface area contributed by atoms with E-state index in [1.807, 2.05) is 0 Å². The fourth-order valence-corrected chi connectivity index (χ4v) is 2.49. The molecule has 0 atom stereocenters. The van der Waals surface area contributed by atoms with Gasteiger partial charge in [0.15, 0.2) is 11.6 Å². The van der Waals surface area contributed by atoms with Gasteiger partial charge in [-0.15, -0.1) is 0 Å². The summed E-state index contributed by atoms with van der Waals surface area (Å²) in [6.07, 6.45) is 0. The lowest BCUT2D eigenvalue weighted by Gasteiger charge is -2.17. The van der Waals surface area contributed by atoms with Gasteiger partial charge in [-0.05, 0) is 49.0 Å². The van der Waals surface area contributed by atoms with Crippen molar-refractivity contribution in [1.82, 2.24) is 10.2 Å². The van der Waals surface area contributed by atoms with Gasteiger partial charge in [0.05, 0.1) is 20.2 Å². The highest BCUT2D eigenvalue weighted by Gasteiger charge is 2.09. The molecule has 0 saturated carbocycles. The lowest BCUT2D eigenvalue weighted by molar-refractivity contribution is -0.122. The molecule has 0 radical (unpaired) electrons. The Hall–Kier alpha value is -2.31. The molecule has 0 bridgehead atoms. The molecule has 0 aromatic heterocycles. The van der Waals surface area contributed by atoms with E-state index in [1.165, 1.54) is 13.2 Å². The van der Waals surface area contributed by atoms with Gasteiger partial charge in [-0.25, -0.2) is 4.39 Å². The normalized spacial score (nSPS) is 10.7. The number of rotatable bonds is 9. The van der Waals surface area contributed by atoms with Crippen molar-refractivity contribution in [3.8, 4) is 11.5 Å². The van der Waals surface area contributed by atoms with Crippen LogP contribution >= 0.6 is 11.6 Å². The van der Waals surface area contributed by atoms with E-state index in [-0.39, 0.29) is 18.2 Å². The minimum Gasteiger partial charge on any atom is -0.494 e. The zero-order valence-electron chi connectivity index (χ0n) is 14.8. The van der Waals surface area contributed by atoms with Gasteiger partial charge in [0.2, 0.25) is 5.91 Å². The number of carbonyl (C=O) groups is 1. The highest BCUT2D eigenvalue weighted by Crippen LogP contribution is 2.18. The number of nitrogens with zero attached hydrogens (tertiary/aromatic N) is 1. The zero-order valence-corrected chi connectivity index (χ0v) is 15.6. The van der Waals surface area contributed by atoms with Crippen molar-refractivity contribution in [1.29, 1.82) is 0 Å². The van der Waals surface area contributed by atoms with Crippen molar-refractivity contribution in [2.45, 2.75) is 6.54 Å². The Labute approximate surface area is 157 Å². The smallest absolute Gasteiger partial charge is 0.234 e. The number of hydrogen-bond acceptors (Lipinski definition) is 4. The fourth-order valence-electron chi connectivity index (χ4n) is 2.37. The van der Waals surface area contributed by atoms with Gasteiger partial charge < -0.3 is 14.8 Å². The molecule has 1 N–H and O–H groups in total. The number of hydrogen-bond donors (Lipinski definition) is 1. The second-order valence-corrected chi connectivity index (χ2v) is 6.23. The predicted molar refractivity (Wildman–Crippen MR) is 99.2 cm³/mol. The molecule has 0 aliphatic heterocycles. The summed E-state index contributed by atoms with van der Waals surface area (Å²) < 4.78 is 24.1. The number of nitrogens with one attached hydrogen (secondary N) is 1. The van der Waals surface area contributed by atoms with Crippen LogP contribution in [-0.2, 0) is 11.3 Å². The van der Waals surface area contributed by atoms with Gasteiger partial charge in [0.1, 0.15) is 12.4 Å². The van der Waals surface area contributed by atoms with Crippen LogP contribution in [0.1, 0.15) is 5.56 Å². The van der Waals surface area contributed by atoms with Gasteiger partial charge in [0, 0.05) is 11.6 Å². The Balaban J connectivity index is 1.68. The molecular formula is C19H22ClFN2O3. The van der Waals surface area contributed by atoms with Crippen molar-refractivity contribution in [3.63, 3.8) is 0 Å². The van der Waals surface area contributed by atoms with Crippen molar-refractivity contribution < 1.29 is 18.7 Å². The van der Waals surface area contributed by atoms with Crippen LogP contribution in [0.4, 0.5) is 4.39 Å². The Kier molecular flexibility index (Phi) is 7.69. The van der Waals surface area contributed by atoms with E-state index in [9.17, 15) is 9.18 Å². The van der Waals surface area contributed by atoms with Gasteiger partial charge in [-0.2, -0.15) is 0 Å². The van der Waals surface area contributed by atoms with Crippen molar-refractivity contribution in [3.05, 3.63) is 58.9 Å². The van der Waals surface area contributed by atoms with Gasteiger partial charge in [-0.1, -0.05) is 17.7 Å². The molecule has 2 aromatic carbocycles. The van der Waals surface area contributed by atoms with E-state index in [0.717, 1.165) is 5.56 Å². The molecular weight excluding hydrogens is 359 g/mol. The van der Waals surface area contributed by atoms with Crippen molar-refractivity contribution in [2.24, 2.45) is 0 Å². The zero-order chi connectivity index (χ0) is 18.9. The van der Waals surface area contributed by atoms with Crippen LogP contribution in [0.2, 0.25) is 5.02 Å². The van der Waals surface area contributed by atoms with Crippen LogP contribution in [0.25, 0.3) is 0 Å². The lowest BCUT2D eigenvalue weighted by atomic mass is 10.2. The Bertz CT molecular complexity index is 725. The number of carbonyl (C=O) groups excluding carboxylic acids is 1. The molecule has 0 spiro atoms. The monoisotopic (exact) mass is 380 g/mol. The van der Waals surface area contributed by atoms with E-state index >= 15 is 0 Å². The second-order valence-electron chi connectivity index (χ2n) is 5.79. The Morgan fingerprint density at radius 1 is 1.23 bits per heavy atom. The molecule has 7 heteroatoms. The third-order valence-corrected chi connectivity index (χ3v) is 3.84. The summed E-state index contributed by atoms with van der Waals surface area (Å²) in [5.74, 6) is 0.362. The molecule has 5 nitrogen and oxygen atoms in total. The average molecular weight is 381 g/mol. The fraction of sp³-hybridized carbons (Fsp3) is 0.316. The first kappa shape index (κ1) is 20.0. The Morgan fingerprint density at radius 3 is 2.62 bits per heavy atom. The average Bonchev–Trinajstić information content (AvgIpc) is 2.60. The second kappa shape index (κ2) is 9.99. The van der Waals surface area contributed by atoms with Crippen LogP contribution in [0.15, 0.2) is 42.5 Å². The number of likely N-dealkylation sites (N-methyl/N-ethyl adjacent to an activating group) is 1. The maximum absolute atomic E-state index is 13.7. The summed E-state index contributed by atoms with van der Waals surface area (Å²) in [4.78, 5) is 13.7. The Morgan fingerprint density at radius 2 is 1.96 bits per heavy atom. The van der Waals surface area contributed by atoms with Crippen molar-refractivity contribution >= 4 is 17.5 Å². The SMILES string of the molecule is COc1ccc(CN(C)CC(=O)NCCOc2ccc(Cl)cc2)cc1F. The number of methoxy groups -OCH3 is 1. The number of ether oxygens (including phenoxy) is 2. The first-order valence-electron chi connectivity index (χ1n) is 8.14. The highest BCUT2D eigenvalue weighted by molar-refractivity contribution is 6.30. The maximum Gasteiger partial charge on any atom is 0.234 e. The van der Waals surface area contributed by atoms with Crippen LogP contribution in [0, 0.1) is 5.82 Å². The van der Waals surface area contributed by atoms with Gasteiger partial charge in [0.25, 0.3) is 0 Å². The van der Waals surface area contributed by atoms with Crippen LogP contribution in [-0.4, -0.2) is 44.7 Å². The molecule has 0 saturated heterocycles. The third kappa shape index (κ3) is 6.54. The topological polar surface area (TPSA) is 50.8 Å². The van der Waals surface area contributed by atoms with E-state index in [1.54, 1.807) is 48.3 Å². The van der Waals surface area contributed by atoms with Crippen LogP contribution in [0.3, 0.4) is 0 Å². The molecule has 2 rings (SSSR count). The molecule has 26 heavy (non-hydrogen) atoms. The van der Waals surface area contributed by atoms with Crippen LogP contribution in [0.5, 0.6) is 11.5 Å². The maximum atomic E-state index is 13.7. The number of halogens is 2. The molecule has 0 aliphatic rings. The minimum atomic E-state index is -0.415. The molecule has 0 fully saturated rings. The summed E-state index contributed by atoms with van der Waals surface area (Å²) in [5.41, 5.74) is 0.768. The summed E-state index contributed by atoms with van der Waals surface area (Å²) in [5, 5.41) is 3.43. The minimum absolute atomic E-state index is 0.124. The molecule has 0 heterocycles. The van der Waals surface area contributed by atoms with E-state index in [0.29, 0.717) is 30.5 Å². The molecule has 0 unspecified atom stereocenters. The summed E-state index contributed by atoms with van der Waals surface area (Å²) in [6, 6.07) is 11.8. The predicted octanol–water partition coefficient (Wildman–Crippen LogP) is 3.11. The van der Waals surface area contributed by atoms with Crippen LogP contribution < -0.4 is 14.8 Å². The van der Waals surface area contributed by atoms with E-state index in [4.69, 9.17) is 21.1 Å². The van der Waals surface area contributed by atoms with E-state index in [2.05, 4.69) is 5.32 Å². The quantitative estimate of drug-likeness (QED) is 0.679. The first-order chi connectivity index (χ1) is 12.5. The molecule has 0 aliphatic carbocycles. The van der Waals surface area contributed by atoms with Gasteiger partial charge in [-0.3, -0.25) is 9.69 Å². The molecule has 140 valence electrons. The standard InChI is InChI=1S/C19H22ClFN2O3/c1-23(12-14-3-8-18(25-2)17(21)11-14)13-19(24)22-9-10-26-16-6-4-15(20)5-7-16/h3-8,11H,9-10,12-13H2,1-2H3,(H,22,24).